The Morgan fingerprint density at radius 1 is 1.11 bits per heavy atom. The predicted molar refractivity (Wildman–Crippen MR) is 43.2 cm³/mol. The van der Waals surface area contributed by atoms with Gasteiger partial charge in [0.15, 0.2) is 0 Å². The highest BCUT2D eigenvalue weighted by molar-refractivity contribution is 4.83. The molecule has 0 aromatic rings. The minimum absolute atomic E-state index is 1.14. The van der Waals surface area contributed by atoms with Crippen molar-refractivity contribution in [1.82, 2.24) is 0 Å². The van der Waals surface area contributed by atoms with Gasteiger partial charge in [-0.05, 0) is 32.6 Å². The number of rotatable bonds is 5. The summed E-state index contributed by atoms with van der Waals surface area (Å²) in [5.41, 5.74) is 0. The molecule has 0 heterocycles. The molecule has 0 saturated heterocycles. The van der Waals surface area contributed by atoms with Crippen molar-refractivity contribution in [3.63, 3.8) is 0 Å². The summed E-state index contributed by atoms with van der Waals surface area (Å²) in [6.07, 6.45) is 10.7. The fourth-order valence-electron chi connectivity index (χ4n) is 0.669. The van der Waals surface area contributed by atoms with Crippen molar-refractivity contribution in [3.8, 4) is 0 Å². The Hall–Kier alpha value is -0.520. The van der Waals surface area contributed by atoms with Crippen LogP contribution in [0.1, 0.15) is 25.7 Å². The van der Waals surface area contributed by atoms with Crippen molar-refractivity contribution in [1.29, 1.82) is 0 Å². The highest BCUT2D eigenvalue weighted by Crippen LogP contribution is 1.99. The van der Waals surface area contributed by atoms with Gasteiger partial charge in [-0.25, -0.2) is 0 Å². The molecule has 0 aliphatic rings. The Balaban J connectivity index is 2.82. The molecule has 0 fully saturated rings. The number of allylic oxidation sites excluding steroid dienone is 3. The van der Waals surface area contributed by atoms with Crippen molar-refractivity contribution in [2.45, 2.75) is 25.7 Å². The second kappa shape index (κ2) is 7.48. The summed E-state index contributed by atoms with van der Waals surface area (Å²) >= 11 is 0. The zero-order valence-electron chi connectivity index (χ0n) is 5.97. The summed E-state index contributed by atoms with van der Waals surface area (Å²) in [5, 5.41) is 0. The van der Waals surface area contributed by atoms with Gasteiger partial charge in [0, 0.05) is 0 Å². The third-order valence-electron chi connectivity index (χ3n) is 1.20. The molecule has 0 aliphatic heterocycles. The first-order valence-corrected chi connectivity index (χ1v) is 3.47. The van der Waals surface area contributed by atoms with E-state index in [0.29, 0.717) is 0 Å². The van der Waals surface area contributed by atoms with Gasteiger partial charge in [0.1, 0.15) is 0 Å². The third-order valence-corrected chi connectivity index (χ3v) is 1.20. The van der Waals surface area contributed by atoms with E-state index < -0.39 is 0 Å². The lowest BCUT2D eigenvalue weighted by molar-refractivity contribution is 0.763. The highest BCUT2D eigenvalue weighted by Gasteiger charge is 1.80. The number of unbranched alkanes of at least 4 members (excludes halogenated alkanes) is 3. The molecule has 0 aromatic carbocycles. The quantitative estimate of drug-likeness (QED) is 0.389. The van der Waals surface area contributed by atoms with Gasteiger partial charge in [-0.1, -0.05) is 18.2 Å². The molecule has 0 unspecified atom stereocenters. The van der Waals surface area contributed by atoms with Crippen molar-refractivity contribution in [3.05, 3.63) is 31.7 Å². The average Bonchev–Trinajstić information content (AvgIpc) is 1.89. The summed E-state index contributed by atoms with van der Waals surface area (Å²) in [4.78, 5) is 0. The summed E-state index contributed by atoms with van der Waals surface area (Å²) < 4.78 is 0. The van der Waals surface area contributed by atoms with Crippen LogP contribution in [0, 0.1) is 6.92 Å². The van der Waals surface area contributed by atoms with Crippen LogP contribution >= 0.6 is 0 Å². The van der Waals surface area contributed by atoms with Crippen LogP contribution in [-0.4, -0.2) is 0 Å². The van der Waals surface area contributed by atoms with Crippen LogP contribution in [0.3, 0.4) is 0 Å². The van der Waals surface area contributed by atoms with Gasteiger partial charge < -0.3 is 0 Å². The van der Waals surface area contributed by atoms with Crippen molar-refractivity contribution in [2.24, 2.45) is 0 Å². The van der Waals surface area contributed by atoms with E-state index in [2.05, 4.69) is 19.6 Å². The van der Waals surface area contributed by atoms with Crippen LogP contribution in [0.2, 0.25) is 0 Å². The molecule has 0 bridgehead atoms. The first-order valence-electron chi connectivity index (χ1n) is 3.47. The van der Waals surface area contributed by atoms with Gasteiger partial charge in [-0.15, -0.1) is 6.58 Å². The van der Waals surface area contributed by atoms with Crippen LogP contribution in [0.4, 0.5) is 0 Å². The summed E-state index contributed by atoms with van der Waals surface area (Å²) in [7, 11) is 0. The monoisotopic (exact) mass is 123 g/mol. The van der Waals surface area contributed by atoms with Crippen molar-refractivity contribution in [2.75, 3.05) is 0 Å². The highest BCUT2D eigenvalue weighted by atomic mass is 13.9. The lowest BCUT2D eigenvalue weighted by atomic mass is 10.2. The normalized spacial score (nSPS) is 10.3. The SMILES string of the molecule is [CH2]/C=C/CCCCC=C. The van der Waals surface area contributed by atoms with Gasteiger partial charge in [-0.3, -0.25) is 0 Å². The molecule has 0 N–H and O–H groups in total. The lowest BCUT2D eigenvalue weighted by Gasteiger charge is -1.90. The molecule has 9 heavy (non-hydrogen) atoms. The largest absolute Gasteiger partial charge is 0.103 e. The second-order valence-corrected chi connectivity index (χ2v) is 2.04. The minimum atomic E-state index is 1.14. The molecule has 0 rings (SSSR count). The first kappa shape index (κ1) is 8.48. The van der Waals surface area contributed by atoms with E-state index in [1.165, 1.54) is 12.8 Å². The van der Waals surface area contributed by atoms with E-state index in [1.807, 2.05) is 12.2 Å². The summed E-state index contributed by atoms with van der Waals surface area (Å²) in [6.45, 7) is 7.25. The standard InChI is InChI=1S/C9H15/c1-3-5-7-9-8-6-4-2/h3-5H,1-2,6-9H2/b5-3+. The molecule has 0 amide bonds. The predicted octanol–water partition coefficient (Wildman–Crippen LogP) is 3.12. The third kappa shape index (κ3) is 7.48. The smallest absolute Gasteiger partial charge is 0.0316 e. The van der Waals surface area contributed by atoms with Gasteiger partial charge >= 0.3 is 0 Å². The minimum Gasteiger partial charge on any atom is -0.103 e. The molecular formula is C9H15. The van der Waals surface area contributed by atoms with Crippen LogP contribution in [0.5, 0.6) is 0 Å². The maximum absolute atomic E-state index is 3.65. The summed E-state index contributed by atoms with van der Waals surface area (Å²) in [5.74, 6) is 0. The number of hydrogen-bond acceptors (Lipinski definition) is 0. The molecule has 0 aliphatic carbocycles. The Labute approximate surface area is 58.3 Å². The zero-order valence-corrected chi connectivity index (χ0v) is 5.97. The average molecular weight is 123 g/mol. The van der Waals surface area contributed by atoms with Gasteiger partial charge in [0.05, 0.1) is 0 Å². The van der Waals surface area contributed by atoms with E-state index in [-0.39, 0.29) is 0 Å². The molecule has 0 saturated carbocycles. The zero-order chi connectivity index (χ0) is 6.95. The fourth-order valence-corrected chi connectivity index (χ4v) is 0.669. The van der Waals surface area contributed by atoms with E-state index in [0.717, 1.165) is 12.8 Å². The molecule has 0 nitrogen and oxygen atoms in total. The van der Waals surface area contributed by atoms with Gasteiger partial charge in [-0.2, -0.15) is 0 Å². The van der Waals surface area contributed by atoms with E-state index in [9.17, 15) is 0 Å². The molecule has 1 radical (unpaired) electrons. The number of hydrogen-bond donors (Lipinski definition) is 0. The molecule has 0 spiro atoms. The van der Waals surface area contributed by atoms with E-state index >= 15 is 0 Å². The van der Waals surface area contributed by atoms with Crippen molar-refractivity contribution < 1.29 is 0 Å². The fraction of sp³-hybridized carbons (Fsp3) is 0.444. The van der Waals surface area contributed by atoms with Crippen LogP contribution < -0.4 is 0 Å². The molecule has 0 atom stereocenters. The first-order chi connectivity index (χ1) is 4.41. The maximum Gasteiger partial charge on any atom is -0.0316 e. The van der Waals surface area contributed by atoms with Crippen LogP contribution in [0.25, 0.3) is 0 Å². The Kier molecular flexibility index (Phi) is 7.05. The van der Waals surface area contributed by atoms with Gasteiger partial charge in [0.2, 0.25) is 0 Å². The van der Waals surface area contributed by atoms with Crippen LogP contribution in [-0.2, 0) is 0 Å². The Morgan fingerprint density at radius 3 is 2.33 bits per heavy atom. The van der Waals surface area contributed by atoms with Crippen molar-refractivity contribution >= 4 is 0 Å². The second-order valence-electron chi connectivity index (χ2n) is 2.04. The topological polar surface area (TPSA) is 0 Å². The molecule has 0 aromatic heterocycles. The van der Waals surface area contributed by atoms with Gasteiger partial charge in [0.25, 0.3) is 0 Å². The van der Waals surface area contributed by atoms with E-state index in [1.54, 1.807) is 0 Å². The Bertz CT molecular complexity index is 80.0. The summed E-state index contributed by atoms with van der Waals surface area (Å²) in [6, 6.07) is 0. The lowest BCUT2D eigenvalue weighted by Crippen LogP contribution is -1.70. The molecule has 51 valence electrons. The van der Waals surface area contributed by atoms with E-state index in [4.69, 9.17) is 0 Å². The molecule has 0 heteroatoms. The molecular weight excluding hydrogens is 108 g/mol. The van der Waals surface area contributed by atoms with Crippen LogP contribution in [0.15, 0.2) is 24.8 Å². The maximum atomic E-state index is 3.65. The Morgan fingerprint density at radius 2 is 1.78 bits per heavy atom.